The zero-order chi connectivity index (χ0) is 13.3. The quantitative estimate of drug-likeness (QED) is 0.815. The van der Waals surface area contributed by atoms with E-state index in [1.165, 1.54) is 44.9 Å². The fourth-order valence-corrected chi connectivity index (χ4v) is 4.06. The van der Waals surface area contributed by atoms with Gasteiger partial charge in [-0.1, -0.05) is 40.0 Å². The van der Waals surface area contributed by atoms with E-state index >= 15 is 0 Å². The van der Waals surface area contributed by atoms with Crippen molar-refractivity contribution in [3.63, 3.8) is 0 Å². The lowest BCUT2D eigenvalue weighted by Crippen LogP contribution is -2.54. The van der Waals surface area contributed by atoms with Crippen LogP contribution in [0.15, 0.2) is 0 Å². The van der Waals surface area contributed by atoms with Gasteiger partial charge in [0.25, 0.3) is 0 Å². The Hall–Kier alpha value is -0.0800. The summed E-state index contributed by atoms with van der Waals surface area (Å²) >= 11 is 0. The molecule has 2 rings (SSSR count). The van der Waals surface area contributed by atoms with E-state index < -0.39 is 0 Å². The summed E-state index contributed by atoms with van der Waals surface area (Å²) in [5, 5.41) is 10.6. The van der Waals surface area contributed by atoms with E-state index in [0.717, 1.165) is 5.92 Å². The number of hydrogen-bond donors (Lipinski definition) is 1. The van der Waals surface area contributed by atoms with Crippen LogP contribution >= 0.6 is 0 Å². The first-order chi connectivity index (χ1) is 8.42. The maximum atomic E-state index is 10.6. The van der Waals surface area contributed by atoms with Crippen molar-refractivity contribution in [3.8, 4) is 0 Å². The zero-order valence-electron chi connectivity index (χ0n) is 12.7. The highest BCUT2D eigenvalue weighted by Crippen LogP contribution is 2.39. The summed E-state index contributed by atoms with van der Waals surface area (Å²) < 4.78 is 0. The van der Waals surface area contributed by atoms with E-state index in [2.05, 4.69) is 32.7 Å². The van der Waals surface area contributed by atoms with Crippen LogP contribution in [0.5, 0.6) is 0 Å². The Morgan fingerprint density at radius 3 is 2.50 bits per heavy atom. The Labute approximate surface area is 113 Å². The molecule has 1 N–H and O–H groups in total. The van der Waals surface area contributed by atoms with Crippen LogP contribution in [0.1, 0.15) is 65.7 Å². The molecule has 2 nitrogen and oxygen atoms in total. The van der Waals surface area contributed by atoms with Crippen molar-refractivity contribution in [1.82, 2.24) is 4.90 Å². The van der Waals surface area contributed by atoms with Crippen molar-refractivity contribution in [2.75, 3.05) is 7.05 Å². The molecule has 2 aliphatic carbocycles. The number of nitrogens with zero attached hydrogens (tertiary/aromatic N) is 1. The highest BCUT2D eigenvalue weighted by molar-refractivity contribution is 4.94. The van der Waals surface area contributed by atoms with Gasteiger partial charge in [0.1, 0.15) is 0 Å². The number of hydrogen-bond acceptors (Lipinski definition) is 2. The molecule has 18 heavy (non-hydrogen) atoms. The van der Waals surface area contributed by atoms with Crippen LogP contribution in [0.4, 0.5) is 0 Å². The lowest BCUT2D eigenvalue weighted by atomic mass is 9.71. The van der Waals surface area contributed by atoms with Crippen molar-refractivity contribution >= 4 is 0 Å². The number of aliphatic hydroxyl groups excluding tert-OH is 1. The Kier molecular flexibility index (Phi) is 4.38. The fraction of sp³-hybridized carbons (Fsp3) is 1.00. The van der Waals surface area contributed by atoms with Gasteiger partial charge in [0.2, 0.25) is 0 Å². The van der Waals surface area contributed by atoms with Crippen molar-refractivity contribution < 1.29 is 5.11 Å². The second-order valence-electron chi connectivity index (χ2n) is 7.48. The van der Waals surface area contributed by atoms with Crippen molar-refractivity contribution in [2.45, 2.75) is 83.9 Å². The summed E-state index contributed by atoms with van der Waals surface area (Å²) in [6.45, 7) is 6.82. The van der Waals surface area contributed by atoms with Crippen molar-refractivity contribution in [2.24, 2.45) is 11.3 Å². The molecule has 0 radical (unpaired) electrons. The fourth-order valence-electron chi connectivity index (χ4n) is 4.06. The summed E-state index contributed by atoms with van der Waals surface area (Å²) in [5.41, 5.74) is 0.0947. The van der Waals surface area contributed by atoms with Crippen LogP contribution in [0.3, 0.4) is 0 Å². The minimum Gasteiger partial charge on any atom is -0.391 e. The van der Waals surface area contributed by atoms with E-state index in [-0.39, 0.29) is 11.5 Å². The Bertz CT molecular complexity index is 276. The third kappa shape index (κ3) is 2.91. The molecule has 2 saturated carbocycles. The minimum absolute atomic E-state index is 0.0947. The molecular formula is C16H31NO. The number of likely N-dealkylation sites (N-methyl/N-ethyl adjacent to an activating group) is 1. The van der Waals surface area contributed by atoms with Gasteiger partial charge >= 0.3 is 0 Å². The average Bonchev–Trinajstić information content (AvgIpc) is 2.32. The van der Waals surface area contributed by atoms with E-state index in [1.807, 2.05) is 0 Å². The lowest BCUT2D eigenvalue weighted by molar-refractivity contribution is -0.0663. The first kappa shape index (κ1) is 14.3. The topological polar surface area (TPSA) is 23.5 Å². The van der Waals surface area contributed by atoms with Gasteiger partial charge in [0.05, 0.1) is 6.10 Å². The third-order valence-corrected chi connectivity index (χ3v) is 5.49. The Balaban J connectivity index is 2.01. The molecule has 0 heterocycles. The number of aliphatic hydroxyl groups is 1. The van der Waals surface area contributed by atoms with Gasteiger partial charge in [0, 0.05) is 12.1 Å². The molecule has 106 valence electrons. The summed E-state index contributed by atoms with van der Waals surface area (Å²) in [6, 6.07) is 1.08. The molecule has 0 spiro atoms. The molecule has 0 bridgehead atoms. The van der Waals surface area contributed by atoms with Crippen LogP contribution in [0.2, 0.25) is 0 Å². The van der Waals surface area contributed by atoms with Crippen LogP contribution in [-0.2, 0) is 0 Å². The molecule has 2 heteroatoms. The molecule has 0 saturated heterocycles. The van der Waals surface area contributed by atoms with Gasteiger partial charge in [-0.05, 0) is 44.1 Å². The van der Waals surface area contributed by atoms with Gasteiger partial charge in [-0.15, -0.1) is 0 Å². The van der Waals surface area contributed by atoms with Gasteiger partial charge in [-0.3, -0.25) is 4.90 Å². The smallest absolute Gasteiger partial charge is 0.0746 e. The van der Waals surface area contributed by atoms with E-state index in [4.69, 9.17) is 0 Å². The first-order valence-electron chi connectivity index (χ1n) is 7.82. The molecule has 2 aliphatic rings. The average molecular weight is 253 g/mol. The SMILES string of the molecule is CC1CCCC(N(C)C2CCCC(C)(C)C2O)C1. The summed E-state index contributed by atoms with van der Waals surface area (Å²) in [4.78, 5) is 2.52. The van der Waals surface area contributed by atoms with E-state index in [9.17, 15) is 5.11 Å². The molecule has 4 unspecified atom stereocenters. The van der Waals surface area contributed by atoms with Crippen LogP contribution < -0.4 is 0 Å². The van der Waals surface area contributed by atoms with Gasteiger partial charge in [0.15, 0.2) is 0 Å². The normalized spacial score (nSPS) is 41.0. The second kappa shape index (κ2) is 5.50. The van der Waals surface area contributed by atoms with E-state index in [1.54, 1.807) is 0 Å². The largest absolute Gasteiger partial charge is 0.391 e. The molecule has 0 aromatic carbocycles. The molecule has 0 aromatic heterocycles. The van der Waals surface area contributed by atoms with Crippen molar-refractivity contribution in [3.05, 3.63) is 0 Å². The highest BCUT2D eigenvalue weighted by atomic mass is 16.3. The molecular weight excluding hydrogens is 222 g/mol. The lowest BCUT2D eigenvalue weighted by Gasteiger charge is -2.48. The van der Waals surface area contributed by atoms with Crippen LogP contribution in [0, 0.1) is 11.3 Å². The number of rotatable bonds is 2. The molecule has 0 aromatic rings. The zero-order valence-corrected chi connectivity index (χ0v) is 12.7. The third-order valence-electron chi connectivity index (χ3n) is 5.49. The monoisotopic (exact) mass is 253 g/mol. The first-order valence-corrected chi connectivity index (χ1v) is 7.82. The van der Waals surface area contributed by atoms with Gasteiger partial charge < -0.3 is 5.11 Å². The summed E-state index contributed by atoms with van der Waals surface area (Å²) in [6.07, 6.45) is 8.84. The maximum Gasteiger partial charge on any atom is 0.0746 e. The van der Waals surface area contributed by atoms with Gasteiger partial charge in [-0.25, -0.2) is 0 Å². The predicted molar refractivity (Wildman–Crippen MR) is 76.6 cm³/mol. The standard InChI is InChI=1S/C16H31NO/c1-12-7-5-8-13(11-12)17(4)14-9-6-10-16(2,3)15(14)18/h12-15,18H,5-11H2,1-4H3. The Morgan fingerprint density at radius 2 is 1.83 bits per heavy atom. The molecule has 0 amide bonds. The molecule has 2 fully saturated rings. The maximum absolute atomic E-state index is 10.6. The highest BCUT2D eigenvalue weighted by Gasteiger charge is 2.41. The molecule has 4 atom stereocenters. The summed E-state index contributed by atoms with van der Waals surface area (Å²) in [7, 11) is 2.25. The second-order valence-corrected chi connectivity index (χ2v) is 7.48. The Morgan fingerprint density at radius 1 is 1.11 bits per heavy atom. The van der Waals surface area contributed by atoms with Crippen LogP contribution in [-0.4, -0.2) is 35.2 Å². The molecule has 0 aliphatic heterocycles. The van der Waals surface area contributed by atoms with Gasteiger partial charge in [-0.2, -0.15) is 0 Å². The van der Waals surface area contributed by atoms with Crippen LogP contribution in [0.25, 0.3) is 0 Å². The minimum atomic E-state index is -0.159. The summed E-state index contributed by atoms with van der Waals surface area (Å²) in [5.74, 6) is 0.861. The van der Waals surface area contributed by atoms with Crippen molar-refractivity contribution in [1.29, 1.82) is 0 Å². The van der Waals surface area contributed by atoms with E-state index in [0.29, 0.717) is 12.1 Å². The predicted octanol–water partition coefficient (Wildman–Crippen LogP) is 3.44.